The molecule has 12 heteroatoms. The van der Waals surface area contributed by atoms with Gasteiger partial charge in [0, 0.05) is 15.5 Å². The van der Waals surface area contributed by atoms with Crippen molar-refractivity contribution in [1.82, 2.24) is 4.98 Å². The number of nitrogens with zero attached hydrogens (tertiary/aromatic N) is 1. The summed E-state index contributed by atoms with van der Waals surface area (Å²) in [5.41, 5.74) is -1.23. The summed E-state index contributed by atoms with van der Waals surface area (Å²) in [5, 5.41) is 2.94. The van der Waals surface area contributed by atoms with Crippen LogP contribution in [0.15, 0.2) is 34.9 Å². The molecule has 0 aliphatic carbocycles. The van der Waals surface area contributed by atoms with Crippen LogP contribution in [0.2, 0.25) is 9.49 Å². The van der Waals surface area contributed by atoms with Gasteiger partial charge >= 0.3 is 6.18 Å². The molecule has 0 spiro atoms. The number of hydrogen-bond donors (Lipinski definition) is 1. The second kappa shape index (κ2) is 8.63. The van der Waals surface area contributed by atoms with Gasteiger partial charge in [0.05, 0.1) is 22.8 Å². The molecule has 0 bridgehead atoms. The lowest BCUT2D eigenvalue weighted by Crippen LogP contribution is -2.07. The van der Waals surface area contributed by atoms with E-state index in [4.69, 9.17) is 27.9 Å². The van der Waals surface area contributed by atoms with Crippen molar-refractivity contribution in [2.75, 3.05) is 5.32 Å². The van der Waals surface area contributed by atoms with E-state index in [0.29, 0.717) is 8.94 Å². The minimum atomic E-state index is -4.90. The zero-order valence-corrected chi connectivity index (χ0v) is 17.8. The number of halogens is 8. The smallest absolute Gasteiger partial charge is 0.416 e. The fourth-order valence-corrected chi connectivity index (χ4v) is 4.03. The maximum atomic E-state index is 14.2. The predicted molar refractivity (Wildman–Crippen MR) is 105 cm³/mol. The van der Waals surface area contributed by atoms with Gasteiger partial charge in [0.1, 0.15) is 0 Å². The summed E-state index contributed by atoms with van der Waals surface area (Å²) in [6.45, 7) is 0.242. The Hall–Kier alpha value is -1.62. The van der Waals surface area contributed by atoms with Crippen LogP contribution in [0, 0.1) is 11.6 Å². The Bertz CT molecular complexity index is 1040. The summed E-state index contributed by atoms with van der Waals surface area (Å²) < 4.78 is 72.6. The molecule has 0 amide bonds. The largest absolute Gasteiger partial charge is 0.447 e. The zero-order valence-electron chi connectivity index (χ0n) is 13.9. The van der Waals surface area contributed by atoms with Gasteiger partial charge < -0.3 is 10.1 Å². The van der Waals surface area contributed by atoms with Gasteiger partial charge in [0.25, 0.3) is 0 Å². The van der Waals surface area contributed by atoms with Crippen LogP contribution in [0.4, 0.5) is 27.6 Å². The van der Waals surface area contributed by atoms with E-state index in [9.17, 15) is 22.0 Å². The number of aromatic nitrogens is 1. The number of ether oxygens (including phenoxy) is 1. The summed E-state index contributed by atoms with van der Waals surface area (Å²) in [6.07, 6.45) is -3.37. The van der Waals surface area contributed by atoms with Gasteiger partial charge in [-0.25, -0.2) is 13.8 Å². The van der Waals surface area contributed by atoms with Gasteiger partial charge in [0.15, 0.2) is 27.6 Å². The van der Waals surface area contributed by atoms with Crippen LogP contribution < -0.4 is 10.1 Å². The lowest BCUT2D eigenvalue weighted by molar-refractivity contribution is -0.138. The average molecular weight is 534 g/mol. The molecule has 3 aromatic rings. The van der Waals surface area contributed by atoms with E-state index in [0.717, 1.165) is 4.88 Å². The highest BCUT2D eigenvalue weighted by molar-refractivity contribution is 9.10. The van der Waals surface area contributed by atoms with Crippen LogP contribution in [0.25, 0.3) is 0 Å². The standard InChI is InChI=1S/C17H8BrCl2F5N2OS/c18-8-3-10(19)14(13(4-8)26-5-9-6-27-16(20)29-9)28-15-11(21)1-7(2-12(15)22)17(23,24)25/h1-4,6,26H,5H2. The van der Waals surface area contributed by atoms with Crippen LogP contribution in [0.5, 0.6) is 11.5 Å². The number of rotatable bonds is 5. The fraction of sp³-hybridized carbons (Fsp3) is 0.118. The van der Waals surface area contributed by atoms with E-state index < -0.39 is 29.1 Å². The molecule has 3 nitrogen and oxygen atoms in total. The van der Waals surface area contributed by atoms with Crippen molar-refractivity contribution < 1.29 is 26.7 Å². The summed E-state index contributed by atoms with van der Waals surface area (Å²) in [7, 11) is 0. The first-order valence-corrected chi connectivity index (χ1v) is 9.98. The van der Waals surface area contributed by atoms with Crippen LogP contribution >= 0.6 is 50.5 Å². The number of hydrogen-bond acceptors (Lipinski definition) is 4. The van der Waals surface area contributed by atoms with Crippen molar-refractivity contribution in [2.24, 2.45) is 0 Å². The Morgan fingerprint density at radius 1 is 1.07 bits per heavy atom. The highest BCUT2D eigenvalue weighted by atomic mass is 79.9. The average Bonchev–Trinajstić information content (AvgIpc) is 3.02. The first-order chi connectivity index (χ1) is 13.5. The van der Waals surface area contributed by atoms with Crippen molar-refractivity contribution in [3.05, 3.63) is 66.5 Å². The Kier molecular flexibility index (Phi) is 6.57. The molecule has 0 unspecified atom stereocenters. The van der Waals surface area contributed by atoms with Crippen LogP contribution in [-0.4, -0.2) is 4.98 Å². The second-order valence-electron chi connectivity index (χ2n) is 5.57. The van der Waals surface area contributed by atoms with Crippen LogP contribution in [0.3, 0.4) is 0 Å². The first kappa shape index (κ1) is 22.1. The molecule has 2 aromatic carbocycles. The number of benzene rings is 2. The quantitative estimate of drug-likeness (QED) is 0.338. The highest BCUT2D eigenvalue weighted by Gasteiger charge is 2.33. The van der Waals surface area contributed by atoms with Crippen molar-refractivity contribution >= 4 is 56.2 Å². The van der Waals surface area contributed by atoms with E-state index in [-0.39, 0.29) is 35.1 Å². The molecular formula is C17H8BrCl2F5N2OS. The molecule has 154 valence electrons. The number of nitrogens with one attached hydrogen (secondary N) is 1. The van der Waals surface area contributed by atoms with Gasteiger partial charge in [-0.15, -0.1) is 11.3 Å². The van der Waals surface area contributed by atoms with Gasteiger partial charge in [-0.3, -0.25) is 0 Å². The van der Waals surface area contributed by atoms with Crippen molar-refractivity contribution in [1.29, 1.82) is 0 Å². The van der Waals surface area contributed by atoms with Crippen molar-refractivity contribution in [2.45, 2.75) is 12.7 Å². The SMILES string of the molecule is Fc1cc(C(F)(F)F)cc(F)c1Oc1c(Cl)cc(Br)cc1NCc1cnc(Cl)s1. The molecule has 0 fully saturated rings. The highest BCUT2D eigenvalue weighted by Crippen LogP contribution is 2.42. The molecule has 0 aliphatic heterocycles. The van der Waals surface area contributed by atoms with E-state index in [1.54, 1.807) is 0 Å². The second-order valence-corrected chi connectivity index (χ2v) is 8.59. The molecule has 1 aromatic heterocycles. The normalized spacial score (nSPS) is 11.6. The van der Waals surface area contributed by atoms with Gasteiger partial charge in [-0.1, -0.05) is 39.1 Å². The number of anilines is 1. The fourth-order valence-electron chi connectivity index (χ4n) is 2.27. The van der Waals surface area contributed by atoms with E-state index in [2.05, 4.69) is 26.2 Å². The monoisotopic (exact) mass is 532 g/mol. The Labute approximate surface area is 183 Å². The topological polar surface area (TPSA) is 34.1 Å². The number of alkyl halides is 3. The molecule has 0 aliphatic rings. The third kappa shape index (κ3) is 5.30. The number of thiazole rings is 1. The molecular weight excluding hydrogens is 526 g/mol. The summed E-state index contributed by atoms with van der Waals surface area (Å²) in [4.78, 5) is 4.65. The van der Waals surface area contributed by atoms with Gasteiger partial charge in [-0.05, 0) is 24.3 Å². The maximum absolute atomic E-state index is 14.2. The zero-order chi connectivity index (χ0) is 21.3. The minimum Gasteiger partial charge on any atom is -0.447 e. The molecule has 0 saturated heterocycles. The maximum Gasteiger partial charge on any atom is 0.416 e. The minimum absolute atomic E-state index is 0.0251. The Morgan fingerprint density at radius 3 is 2.28 bits per heavy atom. The lowest BCUT2D eigenvalue weighted by Gasteiger charge is -2.16. The van der Waals surface area contributed by atoms with E-state index >= 15 is 0 Å². The van der Waals surface area contributed by atoms with Gasteiger partial charge in [0.2, 0.25) is 0 Å². The van der Waals surface area contributed by atoms with Crippen molar-refractivity contribution in [3.63, 3.8) is 0 Å². The Morgan fingerprint density at radius 2 is 1.72 bits per heavy atom. The lowest BCUT2D eigenvalue weighted by atomic mass is 10.2. The molecule has 0 saturated carbocycles. The molecule has 29 heavy (non-hydrogen) atoms. The van der Waals surface area contributed by atoms with Crippen molar-refractivity contribution in [3.8, 4) is 11.5 Å². The third-order valence-electron chi connectivity index (χ3n) is 3.52. The molecule has 1 N–H and O–H groups in total. The van der Waals surface area contributed by atoms with Gasteiger partial charge in [-0.2, -0.15) is 13.2 Å². The molecule has 0 radical (unpaired) electrons. The van der Waals surface area contributed by atoms with E-state index in [1.807, 2.05) is 0 Å². The molecule has 1 heterocycles. The molecule has 0 atom stereocenters. The summed E-state index contributed by atoms with van der Waals surface area (Å²) >= 11 is 16.4. The van der Waals surface area contributed by atoms with E-state index in [1.165, 1.54) is 29.7 Å². The molecule has 3 rings (SSSR count). The van der Waals surface area contributed by atoms with Crippen LogP contribution in [-0.2, 0) is 12.7 Å². The predicted octanol–water partition coefficient (Wildman–Crippen LogP) is 7.91. The summed E-state index contributed by atoms with van der Waals surface area (Å²) in [6, 6.07) is 3.24. The Balaban J connectivity index is 1.94. The third-order valence-corrected chi connectivity index (χ3v) is 5.37. The first-order valence-electron chi connectivity index (χ1n) is 7.62. The van der Waals surface area contributed by atoms with Crippen LogP contribution in [0.1, 0.15) is 10.4 Å². The summed E-state index contributed by atoms with van der Waals surface area (Å²) in [5.74, 6) is -4.21.